The van der Waals surface area contributed by atoms with Gasteiger partial charge < -0.3 is 24.2 Å². The minimum atomic E-state index is -4.76. The minimum absolute atomic E-state index is 0.145. The number of ether oxygens (including phenoxy) is 3. The van der Waals surface area contributed by atoms with Gasteiger partial charge in [-0.05, 0) is 116 Å². The maximum absolute atomic E-state index is 12.9. The molecule has 0 radical (unpaired) electrons. The van der Waals surface area contributed by atoms with Gasteiger partial charge >= 0.3 is 25.7 Å². The van der Waals surface area contributed by atoms with E-state index in [1.807, 2.05) is 0 Å². The standard InChI is InChI=1S/C62H107O11P/c1-4-7-10-13-16-19-22-25-27-28-29-30-32-35-38-41-44-47-50-53-62(66)73-59(55-69-60(64)51-48-45-42-39-36-34-31-26-23-20-17-14-11-8-5-2)57-71-74(67,68)70-56-58(54-63)72-61(65)52-49-46-43-40-37-33-24-21-18-15-12-9-6-3/h7,10,16-17,19-21,24-27,29-31,58-59,63H,4-6,8-9,11-15,18,22-23,28,32-57H2,1-3H3,(H,67,68)/b10-7-,19-16-,20-17-,24-21-,27-25-,30-29-,31-26-. The molecule has 0 fully saturated rings. The first-order chi connectivity index (χ1) is 36.2. The summed E-state index contributed by atoms with van der Waals surface area (Å²) in [4.78, 5) is 48.6. The third-order valence-corrected chi connectivity index (χ3v) is 13.2. The van der Waals surface area contributed by atoms with Crippen molar-refractivity contribution in [2.75, 3.05) is 26.4 Å². The molecule has 0 bridgehead atoms. The number of carbonyl (C=O) groups is 3. The predicted octanol–water partition coefficient (Wildman–Crippen LogP) is 17.5. The highest BCUT2D eigenvalue weighted by Gasteiger charge is 2.28. The van der Waals surface area contributed by atoms with Crippen LogP contribution in [0.2, 0.25) is 0 Å². The summed E-state index contributed by atoms with van der Waals surface area (Å²) in [5, 5.41) is 9.81. The first kappa shape index (κ1) is 70.7. The molecule has 3 unspecified atom stereocenters. The van der Waals surface area contributed by atoms with E-state index in [2.05, 4.69) is 106 Å². The molecule has 426 valence electrons. The van der Waals surface area contributed by atoms with E-state index in [0.29, 0.717) is 19.3 Å². The number of esters is 3. The molecular weight excluding hydrogens is 952 g/mol. The second-order valence-corrected chi connectivity index (χ2v) is 20.9. The van der Waals surface area contributed by atoms with Crippen LogP contribution in [0.5, 0.6) is 0 Å². The maximum atomic E-state index is 12.9. The number of hydrogen-bond donors (Lipinski definition) is 2. The van der Waals surface area contributed by atoms with Gasteiger partial charge in [0.25, 0.3) is 0 Å². The van der Waals surface area contributed by atoms with Gasteiger partial charge in [0, 0.05) is 19.3 Å². The zero-order valence-electron chi connectivity index (χ0n) is 47.0. The van der Waals surface area contributed by atoms with Crippen molar-refractivity contribution >= 4 is 25.7 Å². The van der Waals surface area contributed by atoms with E-state index in [0.717, 1.165) is 148 Å². The first-order valence-corrected chi connectivity index (χ1v) is 31.0. The average Bonchev–Trinajstić information content (AvgIpc) is 3.39. The number of carbonyl (C=O) groups excluding carboxylic acids is 3. The Hall–Kier alpha value is -3.34. The van der Waals surface area contributed by atoms with Crippen LogP contribution >= 0.6 is 7.82 Å². The molecule has 0 aliphatic rings. The largest absolute Gasteiger partial charge is 0.472 e. The Kier molecular flexibility index (Phi) is 53.4. The Morgan fingerprint density at radius 1 is 0.392 bits per heavy atom. The molecule has 0 spiro atoms. The Bertz CT molecular complexity index is 1560. The molecule has 3 atom stereocenters. The molecule has 0 saturated heterocycles. The number of hydrogen-bond acceptors (Lipinski definition) is 10. The molecule has 12 heteroatoms. The van der Waals surface area contributed by atoms with Gasteiger partial charge in [0.05, 0.1) is 19.8 Å². The highest BCUT2D eigenvalue weighted by atomic mass is 31.2. The zero-order chi connectivity index (χ0) is 54.1. The molecule has 0 aliphatic carbocycles. The molecule has 0 amide bonds. The number of unbranched alkanes of at least 4 members (excludes halogenated alkanes) is 23. The van der Waals surface area contributed by atoms with Crippen LogP contribution in [0.15, 0.2) is 85.1 Å². The van der Waals surface area contributed by atoms with Crippen molar-refractivity contribution in [3.63, 3.8) is 0 Å². The molecule has 74 heavy (non-hydrogen) atoms. The number of rotatable bonds is 54. The molecule has 0 aromatic heterocycles. The van der Waals surface area contributed by atoms with E-state index in [-0.39, 0.29) is 25.9 Å². The Morgan fingerprint density at radius 3 is 1.12 bits per heavy atom. The van der Waals surface area contributed by atoms with Gasteiger partial charge in [0.15, 0.2) is 6.10 Å². The summed E-state index contributed by atoms with van der Waals surface area (Å²) in [7, 11) is -4.76. The van der Waals surface area contributed by atoms with Gasteiger partial charge in [-0.15, -0.1) is 0 Å². The lowest BCUT2D eigenvalue weighted by Gasteiger charge is -2.21. The van der Waals surface area contributed by atoms with Crippen molar-refractivity contribution in [1.29, 1.82) is 0 Å². The van der Waals surface area contributed by atoms with Crippen LogP contribution in [-0.4, -0.2) is 66.5 Å². The lowest BCUT2D eigenvalue weighted by molar-refractivity contribution is -0.161. The molecule has 2 N–H and O–H groups in total. The lowest BCUT2D eigenvalue weighted by atomic mass is 10.1. The zero-order valence-corrected chi connectivity index (χ0v) is 47.9. The Morgan fingerprint density at radius 2 is 0.703 bits per heavy atom. The van der Waals surface area contributed by atoms with Crippen LogP contribution in [0.3, 0.4) is 0 Å². The summed E-state index contributed by atoms with van der Waals surface area (Å²) >= 11 is 0. The third kappa shape index (κ3) is 53.5. The van der Waals surface area contributed by atoms with E-state index in [4.69, 9.17) is 23.3 Å². The normalized spacial score (nSPS) is 14.0. The maximum Gasteiger partial charge on any atom is 0.472 e. The van der Waals surface area contributed by atoms with Gasteiger partial charge in [0.1, 0.15) is 12.7 Å². The fourth-order valence-electron chi connectivity index (χ4n) is 7.78. The van der Waals surface area contributed by atoms with Crippen LogP contribution in [0.25, 0.3) is 0 Å². The summed E-state index contributed by atoms with van der Waals surface area (Å²) in [5.74, 6) is -1.51. The van der Waals surface area contributed by atoms with Crippen molar-refractivity contribution in [3.05, 3.63) is 85.1 Å². The molecule has 0 aromatic rings. The summed E-state index contributed by atoms with van der Waals surface area (Å²) in [6.07, 6.45) is 63.9. The summed E-state index contributed by atoms with van der Waals surface area (Å²) in [6, 6.07) is 0. The average molecular weight is 1060 g/mol. The molecule has 0 heterocycles. The molecule has 0 aliphatic heterocycles. The molecule has 0 saturated carbocycles. The second-order valence-electron chi connectivity index (χ2n) is 19.4. The van der Waals surface area contributed by atoms with Crippen molar-refractivity contribution in [1.82, 2.24) is 0 Å². The predicted molar refractivity (Wildman–Crippen MR) is 307 cm³/mol. The van der Waals surface area contributed by atoms with Crippen LogP contribution in [0, 0.1) is 0 Å². The highest BCUT2D eigenvalue weighted by Crippen LogP contribution is 2.43. The summed E-state index contributed by atoms with van der Waals surface area (Å²) < 4.78 is 39.5. The van der Waals surface area contributed by atoms with Gasteiger partial charge in [0.2, 0.25) is 0 Å². The van der Waals surface area contributed by atoms with E-state index >= 15 is 0 Å². The van der Waals surface area contributed by atoms with Crippen LogP contribution in [-0.2, 0) is 42.2 Å². The van der Waals surface area contributed by atoms with Gasteiger partial charge in [-0.25, -0.2) is 4.57 Å². The Labute approximate surface area is 451 Å². The van der Waals surface area contributed by atoms with Crippen LogP contribution in [0.1, 0.15) is 252 Å². The first-order valence-electron chi connectivity index (χ1n) is 29.5. The SMILES string of the molecule is CC/C=C\C/C=C\C/C=C\C/C=C\CCCCCCCCC(=O)OC(COC(=O)CCCCCCC/C=C\C/C=C\CCCCC)COP(=O)(O)OCC(CO)OC(=O)CCCCCCC/C=C\CCCCCC. The number of aliphatic hydroxyl groups is 1. The monoisotopic (exact) mass is 1060 g/mol. The smallest absolute Gasteiger partial charge is 0.462 e. The topological polar surface area (TPSA) is 155 Å². The van der Waals surface area contributed by atoms with Gasteiger partial charge in [-0.1, -0.05) is 202 Å². The second kappa shape index (κ2) is 55.9. The van der Waals surface area contributed by atoms with E-state index in [9.17, 15) is 28.9 Å². The van der Waals surface area contributed by atoms with E-state index in [1.165, 1.54) is 44.9 Å². The minimum Gasteiger partial charge on any atom is -0.462 e. The van der Waals surface area contributed by atoms with Crippen LogP contribution in [0.4, 0.5) is 0 Å². The number of phosphoric ester groups is 1. The highest BCUT2D eigenvalue weighted by molar-refractivity contribution is 7.47. The van der Waals surface area contributed by atoms with Crippen molar-refractivity contribution in [2.45, 2.75) is 264 Å². The van der Waals surface area contributed by atoms with Crippen LogP contribution < -0.4 is 0 Å². The van der Waals surface area contributed by atoms with Gasteiger partial charge in [-0.2, -0.15) is 0 Å². The molecule has 11 nitrogen and oxygen atoms in total. The number of phosphoric acid groups is 1. The Balaban J connectivity index is 4.78. The van der Waals surface area contributed by atoms with Gasteiger partial charge in [-0.3, -0.25) is 23.4 Å². The molecule has 0 aromatic carbocycles. The van der Waals surface area contributed by atoms with E-state index < -0.39 is 57.8 Å². The van der Waals surface area contributed by atoms with Crippen molar-refractivity contribution in [2.24, 2.45) is 0 Å². The lowest BCUT2D eigenvalue weighted by Crippen LogP contribution is -2.30. The number of allylic oxidation sites excluding steroid dienone is 14. The summed E-state index contributed by atoms with van der Waals surface area (Å²) in [5.41, 5.74) is 0. The quantitative estimate of drug-likeness (QED) is 0.0197. The third-order valence-electron chi connectivity index (χ3n) is 12.3. The van der Waals surface area contributed by atoms with Crippen molar-refractivity contribution < 1.29 is 52.2 Å². The fourth-order valence-corrected chi connectivity index (χ4v) is 8.57. The fraction of sp³-hybridized carbons (Fsp3) is 0.726. The molecule has 0 rings (SSSR count). The molecular formula is C62H107O11P. The summed E-state index contributed by atoms with van der Waals surface area (Å²) in [6.45, 7) is 4.45. The van der Waals surface area contributed by atoms with E-state index in [1.54, 1.807) is 0 Å². The number of aliphatic hydroxyl groups excluding tert-OH is 1. The van der Waals surface area contributed by atoms with Crippen molar-refractivity contribution in [3.8, 4) is 0 Å².